The lowest BCUT2D eigenvalue weighted by molar-refractivity contribution is 0.345. The zero-order valence-corrected chi connectivity index (χ0v) is 11.8. The van der Waals surface area contributed by atoms with Crippen LogP contribution < -0.4 is 10.6 Å². The van der Waals surface area contributed by atoms with Crippen LogP contribution >= 0.6 is 7.14 Å². The molecule has 0 saturated carbocycles. The number of rotatable bonds is 4. The minimum Gasteiger partial charge on any atom is -0.369 e. The first kappa shape index (κ1) is 12.7. The van der Waals surface area contributed by atoms with Crippen molar-refractivity contribution in [3.05, 3.63) is 60.7 Å². The molecule has 98 valence electrons. The highest BCUT2D eigenvalue weighted by Crippen LogP contribution is 2.49. The first-order valence-electron chi connectivity index (χ1n) is 6.47. The quantitative estimate of drug-likeness (QED) is 0.632. The zero-order valence-electron chi connectivity index (χ0n) is 11.0. The van der Waals surface area contributed by atoms with Gasteiger partial charge in [0, 0.05) is 16.8 Å². The van der Waals surface area contributed by atoms with E-state index in [4.69, 9.17) is 4.74 Å². The number of hydrogen-bond acceptors (Lipinski definition) is 2. The summed E-state index contributed by atoms with van der Waals surface area (Å²) in [6, 6.07) is 19.5. The maximum Gasteiger partial charge on any atom is 0.146 e. The molecular weight excluding hydrogens is 255 g/mol. The Hall–Kier alpha value is -1.37. The monoisotopic (exact) mass is 272 g/mol. The molecule has 1 aliphatic rings. The van der Waals surface area contributed by atoms with Gasteiger partial charge in [0.15, 0.2) is 0 Å². The molecule has 0 amide bonds. The van der Waals surface area contributed by atoms with Crippen LogP contribution in [0.2, 0.25) is 0 Å². The molecule has 2 nitrogen and oxygen atoms in total. The molecule has 0 aromatic heterocycles. The van der Waals surface area contributed by atoms with Crippen molar-refractivity contribution in [2.75, 3.05) is 12.8 Å². The van der Waals surface area contributed by atoms with Crippen molar-refractivity contribution in [2.24, 2.45) is 0 Å². The predicted molar refractivity (Wildman–Crippen MR) is 79.0 cm³/mol. The van der Waals surface area contributed by atoms with Gasteiger partial charge in [-0.1, -0.05) is 60.7 Å². The summed E-state index contributed by atoms with van der Waals surface area (Å²) in [5.74, 6) is 0. The van der Waals surface area contributed by atoms with E-state index in [2.05, 4.69) is 0 Å². The van der Waals surface area contributed by atoms with Crippen LogP contribution in [0.3, 0.4) is 0 Å². The lowest BCUT2D eigenvalue weighted by Crippen LogP contribution is -2.25. The van der Waals surface area contributed by atoms with Crippen LogP contribution in [0.4, 0.5) is 0 Å². The van der Waals surface area contributed by atoms with Gasteiger partial charge in [-0.15, -0.1) is 0 Å². The van der Waals surface area contributed by atoms with E-state index >= 15 is 0 Å². The van der Waals surface area contributed by atoms with Crippen molar-refractivity contribution < 1.29 is 9.30 Å². The second kappa shape index (κ2) is 4.63. The molecule has 2 aromatic carbocycles. The van der Waals surface area contributed by atoms with Gasteiger partial charge in [0.2, 0.25) is 0 Å². The number of epoxide rings is 1. The normalized spacial score (nSPS) is 22.2. The highest BCUT2D eigenvalue weighted by molar-refractivity contribution is 7.78. The summed E-state index contributed by atoms with van der Waals surface area (Å²) in [5.41, 5.74) is -0.221. The predicted octanol–water partition coefficient (Wildman–Crippen LogP) is 2.79. The van der Waals surface area contributed by atoms with E-state index in [1.54, 1.807) is 0 Å². The number of hydrogen-bond donors (Lipinski definition) is 0. The van der Waals surface area contributed by atoms with Gasteiger partial charge in [-0.3, -0.25) is 0 Å². The first-order valence-corrected chi connectivity index (χ1v) is 8.36. The van der Waals surface area contributed by atoms with Crippen molar-refractivity contribution in [2.45, 2.75) is 12.5 Å². The second-order valence-electron chi connectivity index (χ2n) is 5.31. The summed E-state index contributed by atoms with van der Waals surface area (Å²) in [7, 11) is -2.61. The van der Waals surface area contributed by atoms with E-state index in [1.165, 1.54) is 0 Å². The fraction of sp³-hybridized carbons (Fsp3) is 0.250. The summed E-state index contributed by atoms with van der Waals surface area (Å²) < 4.78 is 19.1. The van der Waals surface area contributed by atoms with Gasteiger partial charge in [0.05, 0.1) is 12.2 Å². The van der Waals surface area contributed by atoms with Gasteiger partial charge < -0.3 is 9.30 Å². The van der Waals surface area contributed by atoms with E-state index in [1.807, 2.05) is 67.6 Å². The molecule has 0 aliphatic carbocycles. The van der Waals surface area contributed by atoms with E-state index in [0.29, 0.717) is 12.8 Å². The summed E-state index contributed by atoms with van der Waals surface area (Å²) in [6.07, 6.45) is 0.577. The molecule has 1 aliphatic heterocycles. The van der Waals surface area contributed by atoms with E-state index in [0.717, 1.165) is 10.6 Å². The number of benzene rings is 2. The molecule has 0 bridgehead atoms. The van der Waals surface area contributed by atoms with Crippen LogP contribution in [0.1, 0.15) is 6.92 Å². The average molecular weight is 272 g/mol. The van der Waals surface area contributed by atoms with Gasteiger partial charge >= 0.3 is 0 Å². The Bertz CT molecular complexity index is 560. The Kier molecular flexibility index (Phi) is 3.08. The molecule has 3 rings (SSSR count). The van der Waals surface area contributed by atoms with Gasteiger partial charge in [-0.05, 0) is 6.92 Å². The Balaban J connectivity index is 2.08. The average Bonchev–Trinajstić information content (AvgIpc) is 3.18. The van der Waals surface area contributed by atoms with Crippen molar-refractivity contribution in [3.63, 3.8) is 0 Å². The SMILES string of the molecule is CC1(CP(=O)(c2ccccc2)c2ccccc2)CO1. The fourth-order valence-corrected chi connectivity index (χ4v) is 5.45. The zero-order chi connectivity index (χ0) is 13.3. The topological polar surface area (TPSA) is 29.6 Å². The molecule has 1 fully saturated rings. The standard InChI is InChI=1S/C16H17O2P/c1-16(12-18-16)13-19(17,14-8-4-2-5-9-14)15-10-6-3-7-11-15/h2-11H,12-13H2,1H3. The molecule has 1 saturated heterocycles. The maximum atomic E-state index is 13.6. The minimum absolute atomic E-state index is 0.221. The second-order valence-corrected chi connectivity index (χ2v) is 8.14. The molecule has 1 heterocycles. The Labute approximate surface area is 113 Å². The van der Waals surface area contributed by atoms with Crippen LogP contribution in [0.15, 0.2) is 60.7 Å². The van der Waals surface area contributed by atoms with Gasteiger partial charge in [0.25, 0.3) is 0 Å². The summed E-state index contributed by atoms with van der Waals surface area (Å²) in [5, 5.41) is 1.83. The molecule has 2 aromatic rings. The largest absolute Gasteiger partial charge is 0.369 e. The van der Waals surface area contributed by atoms with Crippen molar-refractivity contribution in [1.29, 1.82) is 0 Å². The molecule has 0 N–H and O–H groups in total. The van der Waals surface area contributed by atoms with Crippen LogP contribution in [0, 0.1) is 0 Å². The van der Waals surface area contributed by atoms with Crippen molar-refractivity contribution in [3.8, 4) is 0 Å². The third kappa shape index (κ3) is 2.51. The summed E-state index contributed by atoms with van der Waals surface area (Å²) in [6.45, 7) is 2.74. The van der Waals surface area contributed by atoms with Crippen LogP contribution in [0.5, 0.6) is 0 Å². The lowest BCUT2D eigenvalue weighted by Gasteiger charge is -2.21. The van der Waals surface area contributed by atoms with Gasteiger partial charge in [-0.25, -0.2) is 0 Å². The highest BCUT2D eigenvalue weighted by atomic mass is 31.2. The molecule has 3 heteroatoms. The third-order valence-electron chi connectivity index (χ3n) is 3.54. The minimum atomic E-state index is -2.61. The van der Waals surface area contributed by atoms with Crippen LogP contribution in [-0.2, 0) is 9.30 Å². The summed E-state index contributed by atoms with van der Waals surface area (Å²) in [4.78, 5) is 0. The number of ether oxygens (including phenoxy) is 1. The van der Waals surface area contributed by atoms with E-state index in [9.17, 15) is 4.57 Å². The van der Waals surface area contributed by atoms with Crippen molar-refractivity contribution >= 4 is 17.8 Å². The van der Waals surface area contributed by atoms with Gasteiger partial charge in [-0.2, -0.15) is 0 Å². The molecule has 1 atom stereocenters. The van der Waals surface area contributed by atoms with Crippen molar-refractivity contribution in [1.82, 2.24) is 0 Å². The van der Waals surface area contributed by atoms with E-state index < -0.39 is 7.14 Å². The maximum absolute atomic E-state index is 13.6. The Morgan fingerprint density at radius 3 is 1.79 bits per heavy atom. The molecule has 0 radical (unpaired) electrons. The fourth-order valence-electron chi connectivity index (χ4n) is 2.35. The van der Waals surface area contributed by atoms with Crippen LogP contribution in [-0.4, -0.2) is 18.4 Å². The van der Waals surface area contributed by atoms with E-state index in [-0.39, 0.29) is 5.60 Å². The highest BCUT2D eigenvalue weighted by Gasteiger charge is 2.46. The lowest BCUT2D eigenvalue weighted by atomic mass is 10.3. The smallest absolute Gasteiger partial charge is 0.146 e. The Morgan fingerprint density at radius 2 is 1.42 bits per heavy atom. The first-order chi connectivity index (χ1) is 9.12. The summed E-state index contributed by atoms with van der Waals surface area (Å²) >= 11 is 0. The Morgan fingerprint density at radius 1 is 1.00 bits per heavy atom. The molecular formula is C16H17O2P. The third-order valence-corrected chi connectivity index (χ3v) is 6.92. The molecule has 1 unspecified atom stereocenters. The van der Waals surface area contributed by atoms with Crippen LogP contribution in [0.25, 0.3) is 0 Å². The molecule has 0 spiro atoms. The molecule has 19 heavy (non-hydrogen) atoms. The van der Waals surface area contributed by atoms with Gasteiger partial charge in [0.1, 0.15) is 7.14 Å².